The van der Waals surface area contributed by atoms with Crippen molar-refractivity contribution in [1.82, 2.24) is 6.15 Å². The summed E-state index contributed by atoms with van der Waals surface area (Å²) in [5.41, 5.74) is 0. The van der Waals surface area contributed by atoms with Crippen molar-refractivity contribution in [2.45, 2.75) is 27.7 Å². The Hall–Kier alpha value is -1.64. The minimum atomic E-state index is -0.833. The third-order valence-corrected chi connectivity index (χ3v) is 0. The predicted octanol–water partition coefficient (Wildman–Crippen LogP) is 0.523. The number of carboxylic acids is 4. The van der Waals surface area contributed by atoms with Crippen LogP contribution in [0.4, 0.5) is 0 Å². The quantitative estimate of drug-likeness (QED) is 0.397. The van der Waals surface area contributed by atoms with E-state index in [1.807, 2.05) is 0 Å². The molecule has 0 heterocycles. The van der Waals surface area contributed by atoms with E-state index in [0.717, 1.165) is 27.7 Å². The zero-order valence-corrected chi connectivity index (χ0v) is 11.6. The molecule has 0 amide bonds. The molecule has 0 aromatic rings. The van der Waals surface area contributed by atoms with Crippen LogP contribution >= 0.6 is 0 Å². The van der Waals surface area contributed by atoms with Crippen molar-refractivity contribution in [3.8, 4) is 0 Å². The van der Waals surface area contributed by atoms with Gasteiger partial charge in [-0.15, -0.1) is 0 Å². The van der Waals surface area contributed by atoms with Crippen molar-refractivity contribution in [3.63, 3.8) is 0 Å². The average Bonchev–Trinajstić information content (AvgIpc) is 1.76. The van der Waals surface area contributed by atoms with Crippen LogP contribution in [0.1, 0.15) is 27.7 Å². The minimum Gasteiger partial charge on any atom is -0.481 e. The normalized spacial score (nSPS) is 5.56. The zero-order chi connectivity index (χ0) is 14.3. The molecule has 9 nitrogen and oxygen atoms in total. The monoisotopic (exact) mass is 313 g/mol. The summed E-state index contributed by atoms with van der Waals surface area (Å²) in [6.45, 7) is 4.33. The molecule has 10 heteroatoms. The fourth-order valence-electron chi connectivity index (χ4n) is 0. The molecule has 0 bridgehead atoms. The van der Waals surface area contributed by atoms with Gasteiger partial charge in [0.05, 0.1) is 0 Å². The Morgan fingerprint density at radius 3 is 0.556 bits per heavy atom. The van der Waals surface area contributed by atoms with E-state index in [2.05, 4.69) is 0 Å². The van der Waals surface area contributed by atoms with Crippen molar-refractivity contribution in [1.29, 1.82) is 0 Å². The second-order valence-electron chi connectivity index (χ2n) is 2.08. The van der Waals surface area contributed by atoms with E-state index in [1.165, 1.54) is 0 Å². The number of carboxylic acid groups (broad SMARTS) is 4. The van der Waals surface area contributed by atoms with E-state index < -0.39 is 23.9 Å². The van der Waals surface area contributed by atoms with Gasteiger partial charge >= 0.3 is 0 Å². The third kappa shape index (κ3) is 952. The van der Waals surface area contributed by atoms with Gasteiger partial charge in [0.1, 0.15) is 0 Å². The van der Waals surface area contributed by atoms with E-state index in [1.54, 1.807) is 0 Å². The molecular formula is C8H19FeNO8. The van der Waals surface area contributed by atoms with Crippen LogP contribution in [0, 0.1) is 0 Å². The van der Waals surface area contributed by atoms with Gasteiger partial charge in [0, 0.05) is 44.8 Å². The largest absolute Gasteiger partial charge is 0.481 e. The summed E-state index contributed by atoms with van der Waals surface area (Å²) in [7, 11) is 0. The van der Waals surface area contributed by atoms with E-state index in [0.29, 0.717) is 0 Å². The smallest absolute Gasteiger partial charge is 0.300 e. The minimum absolute atomic E-state index is 0. The molecule has 0 unspecified atom stereocenters. The van der Waals surface area contributed by atoms with Crippen molar-refractivity contribution in [2.24, 2.45) is 0 Å². The Morgan fingerprint density at radius 2 is 0.556 bits per heavy atom. The van der Waals surface area contributed by atoms with Crippen molar-refractivity contribution in [2.75, 3.05) is 0 Å². The Morgan fingerprint density at radius 1 is 0.556 bits per heavy atom. The van der Waals surface area contributed by atoms with E-state index in [4.69, 9.17) is 39.6 Å². The van der Waals surface area contributed by atoms with E-state index in [-0.39, 0.29) is 23.2 Å². The molecule has 0 rings (SSSR count). The molecule has 112 valence electrons. The van der Waals surface area contributed by atoms with Crippen LogP contribution in [-0.4, -0.2) is 44.3 Å². The van der Waals surface area contributed by atoms with E-state index >= 15 is 0 Å². The summed E-state index contributed by atoms with van der Waals surface area (Å²) in [5.74, 6) is -3.33. The Labute approximate surface area is 115 Å². The first kappa shape index (κ1) is 36.0. The molecule has 0 spiro atoms. The average molecular weight is 313 g/mol. The van der Waals surface area contributed by atoms with Gasteiger partial charge in [-0.3, -0.25) is 19.2 Å². The maximum atomic E-state index is 9.00. The number of hydrogen-bond donors (Lipinski definition) is 5. The number of hydrogen-bond acceptors (Lipinski definition) is 5. The predicted molar refractivity (Wildman–Crippen MR) is 58.3 cm³/mol. The summed E-state index contributed by atoms with van der Waals surface area (Å²) in [5, 5.41) is 29.7. The topological polar surface area (TPSA) is 184 Å². The summed E-state index contributed by atoms with van der Waals surface area (Å²) in [6.07, 6.45) is 0. The summed E-state index contributed by atoms with van der Waals surface area (Å²) in [4.78, 5) is 36.0. The molecule has 0 atom stereocenters. The molecule has 0 radical (unpaired) electrons. The van der Waals surface area contributed by atoms with Gasteiger partial charge in [-0.25, -0.2) is 0 Å². The molecule has 18 heavy (non-hydrogen) atoms. The second-order valence-corrected chi connectivity index (χ2v) is 2.08. The maximum Gasteiger partial charge on any atom is 0.300 e. The first-order valence-corrected chi connectivity index (χ1v) is 3.71. The van der Waals surface area contributed by atoms with Crippen LogP contribution in [0.25, 0.3) is 0 Å². The molecule has 0 saturated heterocycles. The fraction of sp³-hybridized carbons (Fsp3) is 0.500. The molecule has 0 aliphatic heterocycles. The van der Waals surface area contributed by atoms with Gasteiger partial charge < -0.3 is 26.6 Å². The van der Waals surface area contributed by atoms with E-state index in [9.17, 15) is 0 Å². The molecule has 0 fully saturated rings. The van der Waals surface area contributed by atoms with Gasteiger partial charge in [-0.2, -0.15) is 0 Å². The summed E-state index contributed by atoms with van der Waals surface area (Å²) < 4.78 is 0. The SMILES string of the molecule is CC(=O)O.CC(=O)O.CC(=O)O.CC(=O)O.N.[Fe]. The number of rotatable bonds is 0. The Balaban J connectivity index is -0.0000000257. The zero-order valence-electron chi connectivity index (χ0n) is 10.5. The summed E-state index contributed by atoms with van der Waals surface area (Å²) >= 11 is 0. The number of carbonyl (C=O) groups is 4. The summed E-state index contributed by atoms with van der Waals surface area (Å²) in [6, 6.07) is 0. The van der Waals surface area contributed by atoms with Crippen LogP contribution in [0.3, 0.4) is 0 Å². The standard InChI is InChI=1S/4C2H4O2.Fe.H3N/c4*1-2(3)4;;/h4*1H3,(H,3,4);;1H3. The first-order valence-electron chi connectivity index (χ1n) is 3.71. The van der Waals surface area contributed by atoms with Gasteiger partial charge in [0.15, 0.2) is 0 Å². The van der Waals surface area contributed by atoms with Crippen molar-refractivity contribution in [3.05, 3.63) is 0 Å². The van der Waals surface area contributed by atoms with Gasteiger partial charge in [0.2, 0.25) is 0 Å². The van der Waals surface area contributed by atoms with Crippen LogP contribution in [0.2, 0.25) is 0 Å². The molecule has 0 aromatic carbocycles. The van der Waals surface area contributed by atoms with Gasteiger partial charge in [-0.05, 0) is 0 Å². The maximum absolute atomic E-state index is 9.00. The number of aliphatic carboxylic acids is 4. The molecule has 0 aliphatic carbocycles. The Kier molecular flexibility index (Phi) is 59.0. The molecule has 0 aliphatic rings. The van der Waals surface area contributed by atoms with Crippen LogP contribution in [-0.2, 0) is 36.2 Å². The molecule has 0 aromatic heterocycles. The van der Waals surface area contributed by atoms with Crippen molar-refractivity contribution < 1.29 is 56.7 Å². The Bertz CT molecular complexity index is 167. The fourth-order valence-corrected chi connectivity index (χ4v) is 0. The second kappa shape index (κ2) is 29.5. The van der Waals surface area contributed by atoms with Crippen LogP contribution < -0.4 is 6.15 Å². The molecule has 7 N–H and O–H groups in total. The third-order valence-electron chi connectivity index (χ3n) is 0. The first-order chi connectivity index (χ1) is 6.93. The molecule has 0 saturated carbocycles. The van der Waals surface area contributed by atoms with Crippen LogP contribution in [0.5, 0.6) is 0 Å². The van der Waals surface area contributed by atoms with Crippen LogP contribution in [0.15, 0.2) is 0 Å². The van der Waals surface area contributed by atoms with Gasteiger partial charge in [0.25, 0.3) is 23.9 Å². The van der Waals surface area contributed by atoms with Gasteiger partial charge in [-0.1, -0.05) is 0 Å². The molecular weight excluding hydrogens is 294 g/mol. The van der Waals surface area contributed by atoms with Crippen molar-refractivity contribution >= 4 is 23.9 Å².